The summed E-state index contributed by atoms with van der Waals surface area (Å²) in [6.45, 7) is 0. The zero-order chi connectivity index (χ0) is 20.8. The van der Waals surface area contributed by atoms with E-state index in [0.29, 0.717) is 11.1 Å². The van der Waals surface area contributed by atoms with E-state index in [1.54, 1.807) is 54.6 Å². The number of hydrogen-bond acceptors (Lipinski definition) is 7. The number of fused-ring (bicyclic) bond motifs is 4. The molecule has 0 radical (unpaired) electrons. The van der Waals surface area contributed by atoms with Gasteiger partial charge in [-0.3, -0.25) is 4.79 Å². The van der Waals surface area contributed by atoms with E-state index in [9.17, 15) is 14.4 Å². The number of carbonyl (C=O) groups is 3. The second-order valence-corrected chi connectivity index (χ2v) is 6.58. The number of carbonyl (C=O) groups excluding carboxylic acids is 3. The lowest BCUT2D eigenvalue weighted by Gasteiger charge is -2.40. The zero-order valence-corrected chi connectivity index (χ0v) is 16.1. The molecule has 0 N–H and O–H groups in total. The molecular formula is C22H18O7. The van der Waals surface area contributed by atoms with Crippen LogP contribution < -0.4 is 0 Å². The van der Waals surface area contributed by atoms with Gasteiger partial charge in [0.2, 0.25) is 11.6 Å². The predicted octanol–water partition coefficient (Wildman–Crippen LogP) is 2.25. The van der Waals surface area contributed by atoms with Crippen molar-refractivity contribution in [2.24, 2.45) is 0 Å². The van der Waals surface area contributed by atoms with Gasteiger partial charge in [0, 0.05) is 18.2 Å². The van der Waals surface area contributed by atoms with E-state index in [2.05, 4.69) is 0 Å². The van der Waals surface area contributed by atoms with E-state index in [1.807, 2.05) is 0 Å². The summed E-state index contributed by atoms with van der Waals surface area (Å²) in [7, 11) is 3.69. The number of methoxy groups -OCH3 is 3. The van der Waals surface area contributed by atoms with E-state index >= 15 is 0 Å². The molecule has 2 heterocycles. The molecule has 148 valence electrons. The van der Waals surface area contributed by atoms with Crippen molar-refractivity contribution in [3.63, 3.8) is 0 Å². The minimum Gasteiger partial charge on any atom is -0.466 e. The Morgan fingerprint density at radius 3 is 2.03 bits per heavy atom. The van der Waals surface area contributed by atoms with Gasteiger partial charge in [-0.25, -0.2) is 9.59 Å². The van der Waals surface area contributed by atoms with Crippen LogP contribution in [0.1, 0.15) is 21.5 Å². The summed E-state index contributed by atoms with van der Waals surface area (Å²) in [5.74, 6) is -4.04. The van der Waals surface area contributed by atoms with E-state index in [1.165, 1.54) is 21.3 Å². The topological polar surface area (TPSA) is 88.1 Å². The monoisotopic (exact) mass is 394 g/mol. The highest BCUT2D eigenvalue weighted by atomic mass is 16.7. The van der Waals surface area contributed by atoms with Crippen LogP contribution in [-0.4, -0.2) is 39.1 Å². The first-order valence-corrected chi connectivity index (χ1v) is 8.85. The molecule has 7 nitrogen and oxygen atoms in total. The van der Waals surface area contributed by atoms with Crippen LogP contribution in [0.25, 0.3) is 0 Å². The fourth-order valence-corrected chi connectivity index (χ4v) is 4.11. The van der Waals surface area contributed by atoms with E-state index < -0.39 is 29.1 Å². The van der Waals surface area contributed by atoms with Crippen LogP contribution in [0.4, 0.5) is 0 Å². The molecule has 0 aliphatic carbocycles. The van der Waals surface area contributed by atoms with Gasteiger partial charge >= 0.3 is 11.9 Å². The number of ketones is 1. The molecule has 0 aromatic heterocycles. The number of rotatable bonds is 4. The van der Waals surface area contributed by atoms with Crippen LogP contribution in [-0.2, 0) is 39.9 Å². The number of benzene rings is 2. The Kier molecular flexibility index (Phi) is 4.37. The summed E-state index contributed by atoms with van der Waals surface area (Å²) in [6, 6.07) is 15.1. The molecule has 0 amide bonds. The second-order valence-electron chi connectivity index (χ2n) is 6.58. The average Bonchev–Trinajstić information content (AvgIpc) is 3.07. The number of ether oxygens (including phenoxy) is 4. The number of Topliss-reactive ketones (excluding diaryl/α,β-unsaturated/α-hetero) is 1. The highest BCUT2D eigenvalue weighted by Gasteiger charge is 2.69. The first kappa shape index (κ1) is 19.0. The molecule has 2 aromatic rings. The predicted molar refractivity (Wildman–Crippen MR) is 99.7 cm³/mol. The molecular weight excluding hydrogens is 376 g/mol. The molecule has 2 atom stereocenters. The summed E-state index contributed by atoms with van der Waals surface area (Å²) in [5.41, 5.74) is -1.40. The minimum atomic E-state index is -1.91. The van der Waals surface area contributed by atoms with Crippen LogP contribution in [0.2, 0.25) is 0 Å². The zero-order valence-electron chi connectivity index (χ0n) is 16.1. The summed E-state index contributed by atoms with van der Waals surface area (Å²) in [4.78, 5) is 39.6. The maximum absolute atomic E-state index is 13.8. The van der Waals surface area contributed by atoms with Crippen LogP contribution in [0.15, 0.2) is 65.7 Å². The van der Waals surface area contributed by atoms with Gasteiger partial charge in [-0.05, 0) is 5.56 Å². The molecule has 2 aromatic carbocycles. The number of hydrogen-bond donors (Lipinski definition) is 0. The van der Waals surface area contributed by atoms with Crippen molar-refractivity contribution in [3.05, 3.63) is 82.4 Å². The van der Waals surface area contributed by atoms with E-state index in [-0.39, 0.29) is 16.7 Å². The van der Waals surface area contributed by atoms with Gasteiger partial charge in [0.25, 0.3) is 0 Å². The fraction of sp³-hybridized carbons (Fsp3) is 0.227. The third-order valence-electron chi connectivity index (χ3n) is 5.32. The lowest BCUT2D eigenvalue weighted by molar-refractivity contribution is -0.235. The second kappa shape index (κ2) is 6.65. The Morgan fingerprint density at radius 2 is 1.41 bits per heavy atom. The van der Waals surface area contributed by atoms with Gasteiger partial charge in [0.15, 0.2) is 5.60 Å². The van der Waals surface area contributed by atoms with Crippen molar-refractivity contribution in [3.8, 4) is 0 Å². The van der Waals surface area contributed by atoms with E-state index in [4.69, 9.17) is 18.9 Å². The molecule has 0 unspecified atom stereocenters. The SMILES string of the molecule is COC(=O)C1=C(C(=O)OC)[C@]2(c3ccccc3)O[C@@]1(OC)c1ccccc1C2=O. The van der Waals surface area contributed by atoms with Gasteiger partial charge < -0.3 is 18.9 Å². The Bertz CT molecular complexity index is 1060. The molecule has 29 heavy (non-hydrogen) atoms. The summed E-state index contributed by atoms with van der Waals surface area (Å²) in [5, 5.41) is 0. The molecule has 2 aliphatic heterocycles. The fourth-order valence-electron chi connectivity index (χ4n) is 4.11. The molecule has 2 bridgehead atoms. The highest BCUT2D eigenvalue weighted by molar-refractivity contribution is 6.18. The lowest BCUT2D eigenvalue weighted by atomic mass is 9.79. The number of esters is 2. The molecule has 0 fully saturated rings. The maximum Gasteiger partial charge on any atom is 0.340 e. The van der Waals surface area contributed by atoms with Gasteiger partial charge in [-0.2, -0.15) is 0 Å². The quantitative estimate of drug-likeness (QED) is 0.735. The van der Waals surface area contributed by atoms with Gasteiger partial charge in [-0.1, -0.05) is 54.6 Å². The largest absolute Gasteiger partial charge is 0.466 e. The Hall–Kier alpha value is -3.29. The maximum atomic E-state index is 13.8. The van der Waals surface area contributed by atoms with Crippen LogP contribution in [0.5, 0.6) is 0 Å². The van der Waals surface area contributed by atoms with E-state index in [0.717, 1.165) is 0 Å². The Morgan fingerprint density at radius 1 is 0.828 bits per heavy atom. The van der Waals surface area contributed by atoms with Gasteiger partial charge in [0.05, 0.1) is 19.8 Å². The Balaban J connectivity index is 2.20. The molecule has 0 saturated heterocycles. The molecule has 2 aliphatic rings. The first-order chi connectivity index (χ1) is 14.0. The summed E-state index contributed by atoms with van der Waals surface area (Å²) < 4.78 is 21.9. The van der Waals surface area contributed by atoms with Gasteiger partial charge in [-0.15, -0.1) is 0 Å². The van der Waals surface area contributed by atoms with Crippen molar-refractivity contribution in [2.75, 3.05) is 21.3 Å². The highest BCUT2D eigenvalue weighted by Crippen LogP contribution is 2.59. The van der Waals surface area contributed by atoms with Crippen molar-refractivity contribution >= 4 is 17.7 Å². The van der Waals surface area contributed by atoms with Crippen LogP contribution in [0.3, 0.4) is 0 Å². The molecule has 0 spiro atoms. The third kappa shape index (κ3) is 2.28. The minimum absolute atomic E-state index is 0.212. The standard InChI is InChI=1S/C22H18O7/c1-26-19(24)16-17(20(25)27-2)22(28-3)15-12-8-7-11-14(15)18(23)21(16,29-22)13-9-5-4-6-10-13/h4-12H,1-3H3/t21-,22-/m0/s1. The molecule has 4 rings (SSSR count). The molecule has 0 saturated carbocycles. The summed E-state index contributed by atoms with van der Waals surface area (Å²) in [6.07, 6.45) is 0. The van der Waals surface area contributed by atoms with Crippen molar-refractivity contribution in [2.45, 2.75) is 11.4 Å². The van der Waals surface area contributed by atoms with Crippen molar-refractivity contribution in [1.82, 2.24) is 0 Å². The summed E-state index contributed by atoms with van der Waals surface area (Å²) >= 11 is 0. The lowest BCUT2D eigenvalue weighted by Crippen LogP contribution is -2.49. The first-order valence-electron chi connectivity index (χ1n) is 8.85. The Labute approximate surface area is 166 Å². The van der Waals surface area contributed by atoms with Gasteiger partial charge in [0.1, 0.15) is 5.57 Å². The van der Waals surface area contributed by atoms with Crippen LogP contribution >= 0.6 is 0 Å². The average molecular weight is 394 g/mol. The third-order valence-corrected chi connectivity index (χ3v) is 5.32. The smallest absolute Gasteiger partial charge is 0.340 e. The molecule has 7 heteroatoms. The van der Waals surface area contributed by atoms with Crippen molar-refractivity contribution < 1.29 is 33.3 Å². The normalized spacial score (nSPS) is 24.9. The van der Waals surface area contributed by atoms with Crippen molar-refractivity contribution in [1.29, 1.82) is 0 Å². The van der Waals surface area contributed by atoms with Crippen LogP contribution in [0, 0.1) is 0 Å².